The molecule has 8 heteroatoms. The molecule has 4 nitrogen and oxygen atoms in total. The second-order valence-electron chi connectivity index (χ2n) is 12.6. The van der Waals surface area contributed by atoms with Gasteiger partial charge in [-0.05, 0) is 90.1 Å². The molecular weight excluding hydrogens is 524 g/mol. The molecule has 4 aromatic rings. The molecule has 0 amide bonds. The summed E-state index contributed by atoms with van der Waals surface area (Å²) < 4.78 is 0. The zero-order chi connectivity index (χ0) is 29.0. The minimum Gasteiger partial charge on any atom is -0.305 e. The van der Waals surface area contributed by atoms with E-state index in [1.807, 2.05) is 48.5 Å². The maximum absolute atomic E-state index is 7.43. The van der Waals surface area contributed by atoms with Crippen LogP contribution in [0.3, 0.4) is 0 Å². The Morgan fingerprint density at radius 3 is 1.23 bits per heavy atom. The summed E-state index contributed by atoms with van der Waals surface area (Å²) in [5.74, 6) is 0. The van der Waals surface area contributed by atoms with Gasteiger partial charge in [-0.25, -0.2) is 24.2 Å². The van der Waals surface area contributed by atoms with Crippen LogP contribution in [0.25, 0.3) is 22.8 Å². The second-order valence-corrected chi connectivity index (χ2v) is 21.0. The Bertz CT molecular complexity index is 1300. The third-order valence-corrected chi connectivity index (χ3v) is 17.4. The van der Waals surface area contributed by atoms with E-state index in [-0.39, 0.29) is 10.3 Å². The summed E-state index contributed by atoms with van der Waals surface area (Å²) in [4.78, 5) is 19.0. The van der Waals surface area contributed by atoms with Crippen molar-refractivity contribution in [2.45, 2.75) is 64.2 Å². The number of hydrogen-bond acceptors (Lipinski definition) is 4. The van der Waals surface area contributed by atoms with Gasteiger partial charge >= 0.3 is 0 Å². The first-order valence-corrected chi connectivity index (χ1v) is 18.3. The van der Waals surface area contributed by atoms with E-state index in [1.165, 1.54) is 0 Å². The Hall–Kier alpha value is -2.41. The maximum atomic E-state index is 7.43. The first-order valence-electron chi connectivity index (χ1n) is 13.9. The summed E-state index contributed by atoms with van der Waals surface area (Å²) in [7, 11) is 10.9. The van der Waals surface area contributed by atoms with Crippen molar-refractivity contribution in [3.63, 3.8) is 0 Å². The predicted octanol–water partition coefficient (Wildman–Crippen LogP) is 8.10. The van der Waals surface area contributed by atoms with Gasteiger partial charge in [0.1, 0.15) is 0 Å². The molecule has 0 saturated carbocycles. The van der Waals surface area contributed by atoms with Gasteiger partial charge < -0.3 is 15.1 Å². The van der Waals surface area contributed by atoms with Crippen LogP contribution in [-0.2, 0) is 12.3 Å². The van der Waals surface area contributed by atoms with Crippen LogP contribution in [0.4, 0.5) is 0 Å². The molecule has 204 valence electrons. The van der Waals surface area contributed by atoms with E-state index in [0.717, 1.165) is 58.8 Å². The normalized spacial score (nSPS) is 15.3. The highest BCUT2D eigenvalue weighted by atomic mass is 31.2. The summed E-state index contributed by atoms with van der Waals surface area (Å²) in [6, 6.07) is 24.2. The molecule has 2 unspecified atom stereocenters. The topological polar surface area (TPSA) is 51.6 Å². The van der Waals surface area contributed by atoms with Crippen molar-refractivity contribution in [3.05, 3.63) is 96.6 Å². The van der Waals surface area contributed by atoms with Crippen LogP contribution < -0.4 is 0 Å². The maximum Gasteiger partial charge on any atom is 0.0891 e. The van der Waals surface area contributed by atoms with Gasteiger partial charge in [0.2, 0.25) is 0 Å². The van der Waals surface area contributed by atoms with Crippen molar-refractivity contribution in [1.82, 2.24) is 19.9 Å². The molecule has 0 N–H and O–H groups in total. The lowest BCUT2D eigenvalue weighted by Gasteiger charge is -2.53. The molecule has 6 radical (unpaired) electrons. The number of rotatable bonds is 9. The van der Waals surface area contributed by atoms with Crippen molar-refractivity contribution in [3.8, 4) is 22.8 Å². The van der Waals surface area contributed by atoms with Crippen LogP contribution in [0.1, 0.15) is 52.9 Å². The lowest BCUT2D eigenvalue weighted by Crippen LogP contribution is -2.30. The zero-order valence-corrected chi connectivity index (χ0v) is 26.5. The van der Waals surface area contributed by atoms with Crippen molar-refractivity contribution in [1.29, 1.82) is 0 Å². The molecule has 2 atom stereocenters. The largest absolute Gasteiger partial charge is 0.305 e. The molecule has 0 fully saturated rings. The fourth-order valence-electron chi connectivity index (χ4n) is 4.69. The quantitative estimate of drug-likeness (QED) is 0.152. The minimum atomic E-state index is -1.98. The first-order chi connectivity index (χ1) is 18.8. The van der Waals surface area contributed by atoms with Gasteiger partial charge in [-0.15, -0.1) is 0 Å². The lowest BCUT2D eigenvalue weighted by atomic mass is 10.2. The van der Waals surface area contributed by atoms with Gasteiger partial charge in [0.15, 0.2) is 0 Å². The third-order valence-electron chi connectivity index (χ3n) is 7.93. The van der Waals surface area contributed by atoms with Crippen LogP contribution in [0.15, 0.2) is 85.2 Å². The van der Waals surface area contributed by atoms with E-state index in [9.17, 15) is 0 Å². The van der Waals surface area contributed by atoms with Crippen LogP contribution in [0.5, 0.6) is 0 Å². The van der Waals surface area contributed by atoms with Gasteiger partial charge in [0, 0.05) is 35.0 Å². The Labute approximate surface area is 244 Å². The molecule has 4 heterocycles. The molecule has 4 rings (SSSR count). The zero-order valence-electron chi connectivity index (χ0n) is 24.7. The number of nitrogens with zero attached hydrogens (tertiary/aromatic N) is 4. The van der Waals surface area contributed by atoms with Crippen molar-refractivity contribution in [2.24, 2.45) is 0 Å². The molecular formula is C32H40B2N4P2. The average molecular weight is 564 g/mol. The van der Waals surface area contributed by atoms with Crippen LogP contribution in [0.2, 0.25) is 0 Å². The molecule has 4 aromatic heterocycles. The average Bonchev–Trinajstić information content (AvgIpc) is 2.92. The Morgan fingerprint density at radius 1 is 0.525 bits per heavy atom. The summed E-state index contributed by atoms with van der Waals surface area (Å²) in [5, 5.41) is -0.0922. The Kier molecular flexibility index (Phi) is 9.33. The highest BCUT2D eigenvalue weighted by Gasteiger charge is 2.39. The van der Waals surface area contributed by atoms with Crippen molar-refractivity contribution >= 4 is 29.4 Å². The smallest absolute Gasteiger partial charge is 0.0891 e. The van der Waals surface area contributed by atoms with E-state index in [4.69, 9.17) is 25.1 Å². The lowest BCUT2D eigenvalue weighted by molar-refractivity contribution is 0.764. The standard InChI is InChI=1S/C32H40B2N4P2/c1-31(2,3)39(33,23-25-13-11-17-29(37-25)27-15-7-9-19-35-27)21-22-40(34,32(4,5)6)24-26-14-12-18-30(38-26)28-16-8-10-20-36-28/h7-20H,21-24H2,1-6H3. The molecule has 0 saturated heterocycles. The summed E-state index contributed by atoms with van der Waals surface area (Å²) in [5.41, 5.74) is 5.56. The summed E-state index contributed by atoms with van der Waals surface area (Å²) >= 11 is 0. The molecule has 0 aromatic carbocycles. The van der Waals surface area contributed by atoms with Gasteiger partial charge in [0.05, 0.1) is 46.5 Å². The van der Waals surface area contributed by atoms with Crippen molar-refractivity contribution in [2.75, 3.05) is 12.3 Å². The van der Waals surface area contributed by atoms with Crippen molar-refractivity contribution < 1.29 is 0 Å². The fourth-order valence-corrected chi connectivity index (χ4v) is 11.7. The van der Waals surface area contributed by atoms with E-state index < -0.39 is 14.3 Å². The van der Waals surface area contributed by atoms with Crippen LogP contribution in [-0.4, -0.2) is 57.7 Å². The third kappa shape index (κ3) is 7.26. The Morgan fingerprint density at radius 2 is 0.900 bits per heavy atom. The number of pyridine rings is 4. The predicted molar refractivity (Wildman–Crippen MR) is 177 cm³/mol. The number of aromatic nitrogens is 4. The van der Waals surface area contributed by atoms with E-state index in [0.29, 0.717) is 0 Å². The molecule has 0 bridgehead atoms. The first kappa shape index (κ1) is 30.5. The molecule has 0 aliphatic rings. The van der Waals surface area contributed by atoms with E-state index in [2.05, 4.69) is 75.8 Å². The molecule has 40 heavy (non-hydrogen) atoms. The van der Waals surface area contributed by atoms with Crippen LogP contribution >= 0.6 is 14.3 Å². The monoisotopic (exact) mass is 564 g/mol. The second kappa shape index (κ2) is 12.2. The SMILES string of the molecule is [B-][P+](CC[P+]([B-])(Cc1cccc(-c2ccccn2)n1)C(C)(C)C)(Cc1cccc(-c2ccccn2)n1)C(C)(C)C. The van der Waals surface area contributed by atoms with Gasteiger partial charge in [0.25, 0.3) is 0 Å². The molecule has 0 aliphatic heterocycles. The minimum absolute atomic E-state index is 0.0461. The number of hydrogen-bond donors (Lipinski definition) is 0. The van der Waals surface area contributed by atoms with E-state index >= 15 is 0 Å². The summed E-state index contributed by atoms with van der Waals surface area (Å²) in [6.07, 6.45) is 6.97. The van der Waals surface area contributed by atoms with Gasteiger partial charge in [-0.1, -0.05) is 24.3 Å². The molecule has 0 spiro atoms. The van der Waals surface area contributed by atoms with Crippen LogP contribution in [0, 0.1) is 0 Å². The highest BCUT2D eigenvalue weighted by molar-refractivity contribution is 8.01. The summed E-state index contributed by atoms with van der Waals surface area (Å²) in [6.45, 7) is 13.6. The van der Waals surface area contributed by atoms with Gasteiger partial charge in [-0.2, -0.15) is 0 Å². The fraction of sp³-hybridized carbons (Fsp3) is 0.375. The highest BCUT2D eigenvalue weighted by Crippen LogP contribution is 2.73. The van der Waals surface area contributed by atoms with Gasteiger partial charge in [-0.3, -0.25) is 9.97 Å². The molecule has 0 aliphatic carbocycles. The Balaban J connectivity index is 1.59. The van der Waals surface area contributed by atoms with E-state index in [1.54, 1.807) is 12.4 Å².